The number of nitrogens with zero attached hydrogens (tertiary/aromatic N) is 1. The van der Waals surface area contributed by atoms with Gasteiger partial charge in [-0.1, -0.05) is 47.5 Å². The summed E-state index contributed by atoms with van der Waals surface area (Å²) in [6, 6.07) is 14.1. The van der Waals surface area contributed by atoms with Crippen LogP contribution in [0.25, 0.3) is 6.08 Å². The molecular formula is C28H21Cl2FN2O4S. The summed E-state index contributed by atoms with van der Waals surface area (Å²) in [7, 11) is 1.48. The van der Waals surface area contributed by atoms with Gasteiger partial charge in [0.2, 0.25) is 0 Å². The standard InChI is InChI=1S/C28H21Cl2FN2O4S/c1-3-6-17-11-16(13-24(36-2)25(17)37-15-18-9-10-19(29)14-21(18)30)12-20-26(34)32-28(38)33(27(20)35)23-8-5-4-7-22(23)31/h3-5,7-14H,1,6,15H2,2H3,(H,32,34,38)/b20-12+. The maximum Gasteiger partial charge on any atom is 0.270 e. The number of benzene rings is 3. The number of hydrogen-bond acceptors (Lipinski definition) is 5. The highest BCUT2D eigenvalue weighted by atomic mass is 35.5. The second-order valence-corrected chi connectivity index (χ2v) is 9.37. The normalized spacial score (nSPS) is 14.5. The number of ether oxygens (including phenoxy) is 2. The number of hydrogen-bond donors (Lipinski definition) is 1. The quantitative estimate of drug-likeness (QED) is 0.149. The topological polar surface area (TPSA) is 67.9 Å². The third-order valence-corrected chi connectivity index (χ3v) is 6.50. The molecule has 10 heteroatoms. The molecule has 0 radical (unpaired) electrons. The Morgan fingerprint density at radius 2 is 1.87 bits per heavy atom. The molecule has 2 amide bonds. The minimum Gasteiger partial charge on any atom is -0.493 e. The zero-order valence-corrected chi connectivity index (χ0v) is 22.4. The first-order valence-electron chi connectivity index (χ1n) is 11.3. The first-order valence-corrected chi connectivity index (χ1v) is 12.4. The van der Waals surface area contributed by atoms with E-state index in [-0.39, 0.29) is 23.0 Å². The summed E-state index contributed by atoms with van der Waals surface area (Å²) in [4.78, 5) is 27.0. The summed E-state index contributed by atoms with van der Waals surface area (Å²) in [6.07, 6.45) is 3.48. The van der Waals surface area contributed by atoms with Crippen LogP contribution in [0.2, 0.25) is 10.0 Å². The number of methoxy groups -OCH3 is 1. The molecule has 0 saturated carbocycles. The molecule has 194 valence electrons. The Balaban J connectivity index is 1.71. The Hall–Kier alpha value is -3.72. The molecule has 3 aromatic carbocycles. The van der Waals surface area contributed by atoms with Crippen LogP contribution < -0.4 is 19.7 Å². The summed E-state index contributed by atoms with van der Waals surface area (Å²) < 4.78 is 26.1. The molecule has 0 bridgehead atoms. The molecule has 0 spiro atoms. The van der Waals surface area contributed by atoms with E-state index in [2.05, 4.69) is 11.9 Å². The number of allylic oxidation sites excluding steroid dienone is 1. The van der Waals surface area contributed by atoms with Crippen molar-refractivity contribution in [2.45, 2.75) is 13.0 Å². The molecule has 0 unspecified atom stereocenters. The maximum absolute atomic E-state index is 14.5. The van der Waals surface area contributed by atoms with E-state index in [1.165, 1.54) is 31.4 Å². The van der Waals surface area contributed by atoms with E-state index in [9.17, 15) is 14.0 Å². The van der Waals surface area contributed by atoms with Crippen LogP contribution in [0, 0.1) is 5.82 Å². The molecular weight excluding hydrogens is 550 g/mol. The lowest BCUT2D eigenvalue weighted by atomic mass is 10.0. The average molecular weight is 571 g/mol. The van der Waals surface area contributed by atoms with Gasteiger partial charge in [-0.2, -0.15) is 0 Å². The van der Waals surface area contributed by atoms with Gasteiger partial charge in [-0.15, -0.1) is 6.58 Å². The molecule has 1 heterocycles. The van der Waals surface area contributed by atoms with Crippen LogP contribution in [0.1, 0.15) is 16.7 Å². The number of carbonyl (C=O) groups is 2. The van der Waals surface area contributed by atoms with Crippen molar-refractivity contribution in [3.8, 4) is 11.5 Å². The van der Waals surface area contributed by atoms with Crippen LogP contribution in [0.4, 0.5) is 10.1 Å². The van der Waals surface area contributed by atoms with Crippen molar-refractivity contribution in [3.05, 3.63) is 105 Å². The van der Waals surface area contributed by atoms with Gasteiger partial charge in [-0.05, 0) is 66.7 Å². The monoisotopic (exact) mass is 570 g/mol. The van der Waals surface area contributed by atoms with Gasteiger partial charge < -0.3 is 9.47 Å². The number of rotatable bonds is 8. The van der Waals surface area contributed by atoms with Gasteiger partial charge in [0.1, 0.15) is 18.0 Å². The predicted octanol–water partition coefficient (Wildman–Crippen LogP) is 6.28. The van der Waals surface area contributed by atoms with Crippen molar-refractivity contribution in [2.75, 3.05) is 12.0 Å². The third kappa shape index (κ3) is 5.72. The van der Waals surface area contributed by atoms with E-state index < -0.39 is 17.6 Å². The number of nitrogens with one attached hydrogen (secondary N) is 1. The molecule has 1 saturated heterocycles. The number of para-hydroxylation sites is 1. The highest BCUT2D eigenvalue weighted by Gasteiger charge is 2.35. The Morgan fingerprint density at radius 3 is 2.55 bits per heavy atom. The van der Waals surface area contributed by atoms with Crippen molar-refractivity contribution >= 4 is 64.1 Å². The van der Waals surface area contributed by atoms with E-state index in [0.717, 1.165) is 10.5 Å². The van der Waals surface area contributed by atoms with Gasteiger partial charge in [0.25, 0.3) is 11.8 Å². The number of carbonyl (C=O) groups excluding carboxylic acids is 2. The summed E-state index contributed by atoms with van der Waals surface area (Å²) in [5.74, 6) is -1.29. The molecule has 1 N–H and O–H groups in total. The Bertz CT molecular complexity index is 1490. The molecule has 3 aromatic rings. The lowest BCUT2D eigenvalue weighted by Gasteiger charge is -2.29. The van der Waals surface area contributed by atoms with E-state index in [1.807, 2.05) is 0 Å². The average Bonchev–Trinajstić information content (AvgIpc) is 2.87. The van der Waals surface area contributed by atoms with E-state index >= 15 is 0 Å². The molecule has 6 nitrogen and oxygen atoms in total. The fraction of sp³-hybridized carbons (Fsp3) is 0.107. The van der Waals surface area contributed by atoms with Crippen LogP contribution in [-0.2, 0) is 22.6 Å². The zero-order valence-electron chi connectivity index (χ0n) is 20.1. The molecule has 0 aliphatic carbocycles. The molecule has 1 aliphatic rings. The van der Waals surface area contributed by atoms with Crippen LogP contribution in [0.15, 0.2) is 72.8 Å². The third-order valence-electron chi connectivity index (χ3n) is 5.63. The highest BCUT2D eigenvalue weighted by Crippen LogP contribution is 2.36. The summed E-state index contributed by atoms with van der Waals surface area (Å²) in [6.45, 7) is 3.95. The van der Waals surface area contributed by atoms with Gasteiger partial charge in [0.05, 0.1) is 12.8 Å². The van der Waals surface area contributed by atoms with Crippen molar-refractivity contribution in [1.82, 2.24) is 5.32 Å². The van der Waals surface area contributed by atoms with Crippen LogP contribution >= 0.6 is 35.4 Å². The molecule has 0 aromatic heterocycles. The molecule has 0 atom stereocenters. The number of anilines is 1. The second kappa shape index (κ2) is 11.8. The first kappa shape index (κ1) is 27.3. The largest absolute Gasteiger partial charge is 0.493 e. The Kier molecular flexibility index (Phi) is 8.46. The van der Waals surface area contributed by atoms with Crippen LogP contribution in [0.3, 0.4) is 0 Å². The van der Waals surface area contributed by atoms with E-state index in [4.69, 9.17) is 44.9 Å². The second-order valence-electron chi connectivity index (χ2n) is 8.14. The fourth-order valence-electron chi connectivity index (χ4n) is 3.85. The van der Waals surface area contributed by atoms with Crippen molar-refractivity contribution in [1.29, 1.82) is 0 Å². The smallest absolute Gasteiger partial charge is 0.270 e. The molecule has 4 rings (SSSR count). The van der Waals surface area contributed by atoms with Crippen molar-refractivity contribution in [2.24, 2.45) is 0 Å². The summed E-state index contributed by atoms with van der Waals surface area (Å²) in [5, 5.41) is 3.21. The van der Waals surface area contributed by atoms with Gasteiger partial charge >= 0.3 is 0 Å². The zero-order chi connectivity index (χ0) is 27.4. The summed E-state index contributed by atoms with van der Waals surface area (Å²) >= 11 is 17.4. The molecule has 1 aliphatic heterocycles. The fourth-order valence-corrected chi connectivity index (χ4v) is 4.59. The number of amides is 2. The van der Waals surface area contributed by atoms with Gasteiger partial charge in [0, 0.05) is 21.2 Å². The Morgan fingerprint density at radius 1 is 1.11 bits per heavy atom. The highest BCUT2D eigenvalue weighted by molar-refractivity contribution is 7.80. The van der Waals surface area contributed by atoms with E-state index in [0.29, 0.717) is 39.1 Å². The minimum absolute atomic E-state index is 0.0667. The van der Waals surface area contributed by atoms with Gasteiger partial charge in [-0.3, -0.25) is 14.9 Å². The summed E-state index contributed by atoms with van der Waals surface area (Å²) in [5.41, 5.74) is 1.61. The van der Waals surface area contributed by atoms with Crippen molar-refractivity contribution < 1.29 is 23.5 Å². The maximum atomic E-state index is 14.5. The first-order chi connectivity index (χ1) is 18.2. The molecule has 1 fully saturated rings. The predicted molar refractivity (Wildman–Crippen MR) is 150 cm³/mol. The van der Waals surface area contributed by atoms with Gasteiger partial charge in [0.15, 0.2) is 16.6 Å². The number of halogens is 3. The van der Waals surface area contributed by atoms with Crippen molar-refractivity contribution in [3.63, 3.8) is 0 Å². The lowest BCUT2D eigenvalue weighted by molar-refractivity contribution is -0.122. The SMILES string of the molecule is C=CCc1cc(/C=C2\C(=O)NC(=S)N(c3ccccc3F)C2=O)cc(OC)c1OCc1ccc(Cl)cc1Cl. The lowest BCUT2D eigenvalue weighted by Crippen LogP contribution is -2.54. The van der Waals surface area contributed by atoms with Crippen LogP contribution in [-0.4, -0.2) is 24.0 Å². The van der Waals surface area contributed by atoms with E-state index in [1.54, 1.807) is 42.5 Å². The van der Waals surface area contributed by atoms with Crippen LogP contribution in [0.5, 0.6) is 11.5 Å². The Labute approximate surface area is 234 Å². The molecule has 38 heavy (non-hydrogen) atoms. The minimum atomic E-state index is -0.759. The number of thiocarbonyl (C=S) groups is 1. The van der Waals surface area contributed by atoms with Gasteiger partial charge in [-0.25, -0.2) is 9.29 Å².